The summed E-state index contributed by atoms with van der Waals surface area (Å²) in [5.41, 5.74) is 0.166. The van der Waals surface area contributed by atoms with Crippen LogP contribution < -0.4 is 5.56 Å². The second kappa shape index (κ2) is 5.85. The first kappa shape index (κ1) is 14.7. The van der Waals surface area contributed by atoms with E-state index in [9.17, 15) is 18.8 Å². The molecular formula is C18H10F2N2O. The number of halogens is 2. The zero-order valence-electron chi connectivity index (χ0n) is 11.8. The lowest BCUT2D eigenvalue weighted by atomic mass is 9.98. The van der Waals surface area contributed by atoms with E-state index in [-0.39, 0.29) is 16.7 Å². The van der Waals surface area contributed by atoms with E-state index in [0.717, 1.165) is 18.2 Å². The molecule has 23 heavy (non-hydrogen) atoms. The Kier molecular flexibility index (Phi) is 3.73. The maximum absolute atomic E-state index is 14.0. The van der Waals surface area contributed by atoms with Crippen LogP contribution in [0.3, 0.4) is 0 Å². The number of aromatic amines is 1. The molecule has 0 unspecified atom stereocenters. The average molecular weight is 308 g/mol. The molecule has 3 rings (SSSR count). The molecule has 0 atom stereocenters. The van der Waals surface area contributed by atoms with E-state index in [0.29, 0.717) is 11.3 Å². The quantitative estimate of drug-likeness (QED) is 0.781. The molecule has 0 saturated carbocycles. The number of nitrogens with zero attached hydrogens (tertiary/aromatic N) is 1. The van der Waals surface area contributed by atoms with E-state index >= 15 is 0 Å². The molecule has 2 aromatic carbocycles. The zero-order chi connectivity index (χ0) is 16.4. The summed E-state index contributed by atoms with van der Waals surface area (Å²) in [7, 11) is 0. The first-order valence-electron chi connectivity index (χ1n) is 6.78. The summed E-state index contributed by atoms with van der Waals surface area (Å²) in [6, 6.07) is 15.1. The van der Waals surface area contributed by atoms with Crippen LogP contribution in [0.4, 0.5) is 8.78 Å². The molecule has 0 aliphatic rings. The van der Waals surface area contributed by atoms with Crippen LogP contribution in [-0.4, -0.2) is 4.98 Å². The van der Waals surface area contributed by atoms with Gasteiger partial charge >= 0.3 is 0 Å². The van der Waals surface area contributed by atoms with Crippen molar-refractivity contribution >= 4 is 0 Å². The number of H-pyrrole nitrogens is 1. The van der Waals surface area contributed by atoms with Gasteiger partial charge in [0, 0.05) is 16.8 Å². The largest absolute Gasteiger partial charge is 0.321 e. The number of rotatable bonds is 2. The van der Waals surface area contributed by atoms with Crippen molar-refractivity contribution in [2.75, 3.05) is 0 Å². The Bertz CT molecular complexity index is 973. The highest BCUT2D eigenvalue weighted by Gasteiger charge is 2.16. The van der Waals surface area contributed by atoms with Gasteiger partial charge in [0.15, 0.2) is 0 Å². The van der Waals surface area contributed by atoms with Gasteiger partial charge in [0.05, 0.1) is 0 Å². The summed E-state index contributed by atoms with van der Waals surface area (Å²) in [5, 5.41) is 9.20. The number of pyridine rings is 1. The van der Waals surface area contributed by atoms with Gasteiger partial charge in [-0.05, 0) is 29.8 Å². The molecule has 0 bridgehead atoms. The van der Waals surface area contributed by atoms with Crippen molar-refractivity contribution in [2.45, 2.75) is 0 Å². The molecular weight excluding hydrogens is 298 g/mol. The topological polar surface area (TPSA) is 56.6 Å². The van der Waals surface area contributed by atoms with Gasteiger partial charge in [0.2, 0.25) is 0 Å². The summed E-state index contributed by atoms with van der Waals surface area (Å²) in [6.45, 7) is 0. The molecule has 0 spiro atoms. The fourth-order valence-corrected chi connectivity index (χ4v) is 2.36. The van der Waals surface area contributed by atoms with Gasteiger partial charge in [-0.1, -0.05) is 30.3 Å². The van der Waals surface area contributed by atoms with E-state index in [1.165, 1.54) is 6.07 Å². The first-order valence-corrected chi connectivity index (χ1v) is 6.78. The van der Waals surface area contributed by atoms with Gasteiger partial charge in [-0.25, -0.2) is 8.78 Å². The molecule has 0 amide bonds. The lowest BCUT2D eigenvalue weighted by Gasteiger charge is -2.09. The van der Waals surface area contributed by atoms with Crippen LogP contribution in [0.15, 0.2) is 59.4 Å². The van der Waals surface area contributed by atoms with E-state index in [1.807, 2.05) is 6.07 Å². The Balaban J connectivity index is 2.32. The molecule has 3 aromatic rings. The molecule has 1 heterocycles. The summed E-state index contributed by atoms with van der Waals surface area (Å²) in [6.07, 6.45) is 0. The molecule has 0 fully saturated rings. The lowest BCUT2D eigenvalue weighted by molar-refractivity contribution is 0.603. The predicted molar refractivity (Wildman–Crippen MR) is 82.6 cm³/mol. The monoisotopic (exact) mass is 308 g/mol. The number of nitriles is 1. The standard InChI is InChI=1S/C18H10F2N2O/c19-12-6-7-16(20)14(8-12)13-9-17(11-4-2-1-3-5-11)22-18(23)15(13)10-21/h1-9H,(H,22,23). The minimum absolute atomic E-state index is 0.0621. The minimum Gasteiger partial charge on any atom is -0.321 e. The second-order valence-electron chi connectivity index (χ2n) is 4.90. The van der Waals surface area contributed by atoms with Crippen LogP contribution in [-0.2, 0) is 0 Å². The number of hydrogen-bond donors (Lipinski definition) is 1. The van der Waals surface area contributed by atoms with E-state index in [4.69, 9.17) is 0 Å². The molecule has 0 aliphatic carbocycles. The molecule has 0 saturated heterocycles. The van der Waals surface area contributed by atoms with Crippen molar-refractivity contribution in [3.05, 3.63) is 82.1 Å². The molecule has 1 aromatic heterocycles. The van der Waals surface area contributed by atoms with E-state index in [1.54, 1.807) is 30.3 Å². The number of aromatic nitrogens is 1. The third-order valence-corrected chi connectivity index (χ3v) is 3.45. The summed E-state index contributed by atoms with van der Waals surface area (Å²) in [4.78, 5) is 14.7. The van der Waals surface area contributed by atoms with Crippen molar-refractivity contribution in [3.63, 3.8) is 0 Å². The average Bonchev–Trinajstić information content (AvgIpc) is 2.57. The number of benzene rings is 2. The Morgan fingerprint density at radius 2 is 1.70 bits per heavy atom. The molecule has 112 valence electrons. The Labute approximate surface area is 130 Å². The van der Waals surface area contributed by atoms with Crippen molar-refractivity contribution in [2.24, 2.45) is 0 Å². The summed E-state index contributed by atoms with van der Waals surface area (Å²) >= 11 is 0. The summed E-state index contributed by atoms with van der Waals surface area (Å²) < 4.78 is 27.5. The third-order valence-electron chi connectivity index (χ3n) is 3.45. The van der Waals surface area contributed by atoms with Crippen molar-refractivity contribution < 1.29 is 8.78 Å². The van der Waals surface area contributed by atoms with Crippen LogP contribution in [0.2, 0.25) is 0 Å². The van der Waals surface area contributed by atoms with Crippen molar-refractivity contribution in [1.29, 1.82) is 5.26 Å². The van der Waals surface area contributed by atoms with Gasteiger partial charge in [0.1, 0.15) is 23.3 Å². The Hall–Kier alpha value is -3.26. The fraction of sp³-hybridized carbons (Fsp3) is 0. The molecule has 3 nitrogen and oxygen atoms in total. The molecule has 1 N–H and O–H groups in total. The molecule has 0 radical (unpaired) electrons. The maximum atomic E-state index is 14.0. The van der Waals surface area contributed by atoms with Gasteiger partial charge in [-0.15, -0.1) is 0 Å². The zero-order valence-corrected chi connectivity index (χ0v) is 11.8. The van der Waals surface area contributed by atoms with Crippen molar-refractivity contribution in [1.82, 2.24) is 4.98 Å². The Morgan fingerprint density at radius 3 is 2.39 bits per heavy atom. The first-order chi connectivity index (χ1) is 11.1. The molecule has 0 aliphatic heterocycles. The third kappa shape index (κ3) is 2.74. The summed E-state index contributed by atoms with van der Waals surface area (Å²) in [5.74, 6) is -1.35. The van der Waals surface area contributed by atoms with Gasteiger partial charge < -0.3 is 4.98 Å². The number of hydrogen-bond acceptors (Lipinski definition) is 2. The second-order valence-corrected chi connectivity index (χ2v) is 4.90. The highest BCUT2D eigenvalue weighted by Crippen LogP contribution is 2.28. The highest BCUT2D eigenvalue weighted by atomic mass is 19.1. The van der Waals surface area contributed by atoms with Crippen LogP contribution in [0, 0.1) is 23.0 Å². The lowest BCUT2D eigenvalue weighted by Crippen LogP contribution is -2.13. The minimum atomic E-state index is -0.701. The van der Waals surface area contributed by atoms with Gasteiger partial charge in [-0.2, -0.15) is 5.26 Å². The normalized spacial score (nSPS) is 10.3. The van der Waals surface area contributed by atoms with E-state index < -0.39 is 17.2 Å². The van der Waals surface area contributed by atoms with Gasteiger partial charge in [0.25, 0.3) is 5.56 Å². The highest BCUT2D eigenvalue weighted by molar-refractivity contribution is 5.75. The van der Waals surface area contributed by atoms with Crippen LogP contribution in [0.25, 0.3) is 22.4 Å². The fourth-order valence-electron chi connectivity index (χ4n) is 2.36. The smallest absolute Gasteiger partial charge is 0.266 e. The molecule has 5 heteroatoms. The van der Waals surface area contributed by atoms with E-state index in [2.05, 4.69) is 4.98 Å². The SMILES string of the molecule is N#Cc1c(-c2cc(F)ccc2F)cc(-c2ccccc2)[nH]c1=O. The van der Waals surface area contributed by atoms with Crippen LogP contribution in [0.1, 0.15) is 5.56 Å². The Morgan fingerprint density at radius 1 is 0.957 bits per heavy atom. The van der Waals surface area contributed by atoms with Crippen molar-refractivity contribution in [3.8, 4) is 28.5 Å². The van der Waals surface area contributed by atoms with Crippen LogP contribution >= 0.6 is 0 Å². The number of nitrogens with one attached hydrogen (secondary N) is 1. The predicted octanol–water partition coefficient (Wildman–Crippen LogP) is 3.86. The van der Waals surface area contributed by atoms with Crippen LogP contribution in [0.5, 0.6) is 0 Å². The van der Waals surface area contributed by atoms with Gasteiger partial charge in [-0.3, -0.25) is 4.79 Å². The maximum Gasteiger partial charge on any atom is 0.266 e.